The van der Waals surface area contributed by atoms with Gasteiger partial charge in [0, 0.05) is 17.8 Å². The van der Waals surface area contributed by atoms with Gasteiger partial charge in [-0.2, -0.15) is 0 Å². The monoisotopic (exact) mass is 265 g/mol. The van der Waals surface area contributed by atoms with Gasteiger partial charge in [-0.05, 0) is 11.5 Å². The summed E-state index contributed by atoms with van der Waals surface area (Å²) in [6, 6.07) is 12.7. The summed E-state index contributed by atoms with van der Waals surface area (Å²) in [7, 11) is 0. The van der Waals surface area contributed by atoms with Crippen molar-refractivity contribution in [1.82, 2.24) is 15.0 Å². The van der Waals surface area contributed by atoms with Gasteiger partial charge in [0.1, 0.15) is 10.8 Å². The zero-order valence-electron chi connectivity index (χ0n) is 10.1. The van der Waals surface area contributed by atoms with Crippen LogP contribution in [0.2, 0.25) is 0 Å². The van der Waals surface area contributed by atoms with Gasteiger partial charge in [-0.1, -0.05) is 30.3 Å². The topological polar surface area (TPSA) is 41.6 Å². The summed E-state index contributed by atoms with van der Waals surface area (Å²) in [5.41, 5.74) is 1.10. The molecule has 0 aliphatic rings. The number of benzene rings is 2. The van der Waals surface area contributed by atoms with Crippen molar-refractivity contribution in [1.29, 1.82) is 0 Å². The number of thiazole rings is 1. The molecule has 0 spiro atoms. The van der Waals surface area contributed by atoms with Crippen molar-refractivity contribution < 1.29 is 0 Å². The van der Waals surface area contributed by atoms with E-state index in [0.29, 0.717) is 0 Å². The lowest BCUT2D eigenvalue weighted by Gasteiger charge is -1.96. The molecule has 0 amide bonds. The minimum atomic E-state index is 0.765. The van der Waals surface area contributed by atoms with Crippen LogP contribution in [-0.2, 0) is 6.42 Å². The van der Waals surface area contributed by atoms with Crippen molar-refractivity contribution in [2.45, 2.75) is 6.42 Å². The number of hydrogen-bond acceptors (Lipinski definition) is 3. The van der Waals surface area contributed by atoms with E-state index in [-0.39, 0.29) is 0 Å². The van der Waals surface area contributed by atoms with Gasteiger partial charge in [0.25, 0.3) is 0 Å². The summed E-state index contributed by atoms with van der Waals surface area (Å²) in [5, 5.41) is 3.56. The van der Waals surface area contributed by atoms with Gasteiger partial charge in [-0.3, -0.25) is 0 Å². The highest BCUT2D eigenvalue weighted by molar-refractivity contribution is 7.18. The Morgan fingerprint density at radius 2 is 2.05 bits per heavy atom. The number of H-pyrrole nitrogens is 1. The molecule has 0 aliphatic carbocycles. The fraction of sp³-hybridized carbons (Fsp3) is 0.0667. The van der Waals surface area contributed by atoms with Gasteiger partial charge in [-0.25, -0.2) is 9.97 Å². The molecule has 2 heterocycles. The molecule has 92 valence electrons. The maximum absolute atomic E-state index is 4.77. The quantitative estimate of drug-likeness (QED) is 0.599. The average molecular weight is 265 g/mol. The highest BCUT2D eigenvalue weighted by Gasteiger charge is 2.08. The summed E-state index contributed by atoms with van der Waals surface area (Å²) >= 11 is 1.74. The average Bonchev–Trinajstić information content (AvgIpc) is 3.08. The second kappa shape index (κ2) is 4.17. The summed E-state index contributed by atoms with van der Waals surface area (Å²) in [4.78, 5) is 12.2. The lowest BCUT2D eigenvalue weighted by atomic mass is 10.1. The molecule has 1 N–H and O–H groups in total. The van der Waals surface area contributed by atoms with Gasteiger partial charge < -0.3 is 4.98 Å². The molecule has 4 rings (SSSR count). The van der Waals surface area contributed by atoms with E-state index in [0.717, 1.165) is 22.8 Å². The van der Waals surface area contributed by atoms with Crippen LogP contribution in [0.25, 0.3) is 21.0 Å². The number of nitrogens with one attached hydrogen (secondary N) is 1. The third-order valence-electron chi connectivity index (χ3n) is 3.20. The van der Waals surface area contributed by atoms with Crippen molar-refractivity contribution in [2.75, 3.05) is 0 Å². The molecule has 0 saturated carbocycles. The molecule has 0 saturated heterocycles. The molecule has 0 radical (unpaired) electrons. The number of nitrogens with zero attached hydrogens (tertiary/aromatic N) is 2. The van der Waals surface area contributed by atoms with Crippen LogP contribution < -0.4 is 0 Å². The summed E-state index contributed by atoms with van der Waals surface area (Å²) < 4.78 is 1.24. The van der Waals surface area contributed by atoms with Crippen LogP contribution in [0.1, 0.15) is 10.8 Å². The summed E-state index contributed by atoms with van der Waals surface area (Å²) in [6.07, 6.45) is 4.39. The summed E-state index contributed by atoms with van der Waals surface area (Å²) in [5.74, 6) is 0.961. The van der Waals surface area contributed by atoms with Gasteiger partial charge >= 0.3 is 0 Å². The van der Waals surface area contributed by atoms with Crippen molar-refractivity contribution in [3.8, 4) is 0 Å². The summed E-state index contributed by atoms with van der Waals surface area (Å²) in [6.45, 7) is 0. The Morgan fingerprint density at radius 1 is 1.11 bits per heavy atom. The van der Waals surface area contributed by atoms with E-state index in [4.69, 9.17) is 4.98 Å². The predicted molar refractivity (Wildman–Crippen MR) is 78.5 cm³/mol. The molecule has 2 aromatic carbocycles. The minimum Gasteiger partial charge on any atom is -0.348 e. The molecule has 0 fully saturated rings. The smallest absolute Gasteiger partial charge is 0.112 e. The first-order chi connectivity index (χ1) is 9.40. The molecule has 0 bridgehead atoms. The van der Waals surface area contributed by atoms with Crippen molar-refractivity contribution in [3.05, 3.63) is 59.6 Å². The largest absolute Gasteiger partial charge is 0.348 e. The first-order valence-corrected chi connectivity index (χ1v) is 6.97. The predicted octanol–water partition coefficient (Wildman–Crippen LogP) is 3.76. The fourth-order valence-electron chi connectivity index (χ4n) is 2.32. The molecule has 0 aliphatic heterocycles. The molecule has 0 atom stereocenters. The molecular weight excluding hydrogens is 254 g/mol. The first kappa shape index (κ1) is 10.7. The fourth-order valence-corrected chi connectivity index (χ4v) is 3.31. The Labute approximate surface area is 114 Å². The van der Waals surface area contributed by atoms with Crippen molar-refractivity contribution in [3.63, 3.8) is 0 Å². The highest BCUT2D eigenvalue weighted by Crippen LogP contribution is 2.29. The van der Waals surface area contributed by atoms with E-state index >= 15 is 0 Å². The third kappa shape index (κ3) is 1.81. The normalized spacial score (nSPS) is 11.4. The number of aromatic amines is 1. The standard InChI is InChI=1S/C15H11N3S/c1-2-4-11-10(3-1)5-6-12-15(11)18-14(19-12)9-13-16-7-8-17-13/h1-8H,9H2,(H,16,17). The Kier molecular flexibility index (Phi) is 2.35. The second-order valence-electron chi connectivity index (χ2n) is 4.45. The van der Waals surface area contributed by atoms with Crippen LogP contribution in [0.5, 0.6) is 0 Å². The second-order valence-corrected chi connectivity index (χ2v) is 5.57. The van der Waals surface area contributed by atoms with Crippen molar-refractivity contribution in [2.24, 2.45) is 0 Å². The maximum Gasteiger partial charge on any atom is 0.112 e. The lowest BCUT2D eigenvalue weighted by molar-refractivity contribution is 1.01. The van der Waals surface area contributed by atoms with Crippen LogP contribution in [0.15, 0.2) is 48.8 Å². The van der Waals surface area contributed by atoms with Crippen LogP contribution >= 0.6 is 11.3 Å². The van der Waals surface area contributed by atoms with Gasteiger partial charge in [0.2, 0.25) is 0 Å². The van der Waals surface area contributed by atoms with E-state index < -0.39 is 0 Å². The number of imidazole rings is 1. The van der Waals surface area contributed by atoms with E-state index in [1.807, 2.05) is 6.20 Å². The zero-order valence-corrected chi connectivity index (χ0v) is 10.9. The number of hydrogen-bond donors (Lipinski definition) is 1. The Morgan fingerprint density at radius 3 is 2.95 bits per heavy atom. The molecule has 4 heteroatoms. The molecule has 2 aromatic heterocycles. The molecule has 19 heavy (non-hydrogen) atoms. The van der Waals surface area contributed by atoms with E-state index in [2.05, 4.69) is 46.4 Å². The van der Waals surface area contributed by atoms with E-state index in [1.165, 1.54) is 15.5 Å². The molecule has 0 unspecified atom stereocenters. The Balaban J connectivity index is 1.88. The molecular formula is C15H11N3S. The van der Waals surface area contributed by atoms with Gasteiger partial charge in [-0.15, -0.1) is 11.3 Å². The SMILES string of the molecule is c1ccc2c(c1)ccc1sc(Cc3ncc[nH]3)nc12. The van der Waals surface area contributed by atoms with Crippen LogP contribution in [0.3, 0.4) is 0 Å². The van der Waals surface area contributed by atoms with E-state index in [9.17, 15) is 0 Å². The van der Waals surface area contributed by atoms with E-state index in [1.54, 1.807) is 17.5 Å². The minimum absolute atomic E-state index is 0.765. The zero-order chi connectivity index (χ0) is 12.7. The Bertz CT molecular complexity index is 846. The highest BCUT2D eigenvalue weighted by atomic mass is 32.1. The van der Waals surface area contributed by atoms with Crippen LogP contribution in [-0.4, -0.2) is 15.0 Å². The maximum atomic E-state index is 4.77. The van der Waals surface area contributed by atoms with Crippen LogP contribution in [0.4, 0.5) is 0 Å². The first-order valence-electron chi connectivity index (χ1n) is 6.15. The van der Waals surface area contributed by atoms with Crippen molar-refractivity contribution >= 4 is 32.3 Å². The lowest BCUT2D eigenvalue weighted by Crippen LogP contribution is -1.88. The van der Waals surface area contributed by atoms with Crippen LogP contribution in [0, 0.1) is 0 Å². The Hall–Kier alpha value is -2.20. The van der Waals surface area contributed by atoms with Gasteiger partial charge in [0.05, 0.1) is 16.6 Å². The molecule has 4 aromatic rings. The third-order valence-corrected chi connectivity index (χ3v) is 4.22. The number of aromatic nitrogens is 3. The number of rotatable bonds is 2. The van der Waals surface area contributed by atoms with Gasteiger partial charge in [0.15, 0.2) is 0 Å². The number of fused-ring (bicyclic) bond motifs is 3. The molecule has 3 nitrogen and oxygen atoms in total.